The summed E-state index contributed by atoms with van der Waals surface area (Å²) >= 11 is 0. The standard InChI is InChI=1S/C23H38N6O5.2ClH/c1-14(2)13-19(28-23(32)20(25)15(3)4)22(31)27-18(7-5-6-12-24)21(30)26-16-8-10-17(11-9-16)29(33)34;;/h8-11,14-15,18-20H,5-7,12-13,24-25H2,1-4H3,(H,26,30)(H,27,31)(H,28,32);2*1H. The molecule has 0 radical (unpaired) electrons. The minimum atomic E-state index is -0.875. The summed E-state index contributed by atoms with van der Waals surface area (Å²) in [5, 5.41) is 19.0. The summed E-state index contributed by atoms with van der Waals surface area (Å²) in [6.07, 6.45) is 2.00. The molecule has 206 valence electrons. The molecule has 36 heavy (non-hydrogen) atoms. The van der Waals surface area contributed by atoms with Gasteiger partial charge in [-0.05, 0) is 56.2 Å². The van der Waals surface area contributed by atoms with Gasteiger partial charge >= 0.3 is 0 Å². The number of carbonyl (C=O) groups excluding carboxylic acids is 3. The SMILES string of the molecule is CC(C)CC(NC(=O)C(N)C(C)C)C(=O)NC(CCCCN)C(=O)Nc1ccc([N+](=O)[O-])cc1.Cl.Cl. The van der Waals surface area contributed by atoms with Crippen LogP contribution in [0.25, 0.3) is 0 Å². The maximum atomic E-state index is 13.1. The first-order valence-corrected chi connectivity index (χ1v) is 11.6. The van der Waals surface area contributed by atoms with Gasteiger partial charge in [-0.3, -0.25) is 24.5 Å². The summed E-state index contributed by atoms with van der Waals surface area (Å²) < 4.78 is 0. The normalized spacial score (nSPS) is 13.0. The van der Waals surface area contributed by atoms with E-state index >= 15 is 0 Å². The fraction of sp³-hybridized carbons (Fsp3) is 0.609. The molecule has 0 heterocycles. The van der Waals surface area contributed by atoms with E-state index in [0.29, 0.717) is 37.9 Å². The summed E-state index contributed by atoms with van der Waals surface area (Å²) in [7, 11) is 0. The zero-order valence-electron chi connectivity index (χ0n) is 21.2. The van der Waals surface area contributed by atoms with E-state index in [0.717, 1.165) is 0 Å². The van der Waals surface area contributed by atoms with Crippen LogP contribution in [0.5, 0.6) is 0 Å². The molecule has 3 atom stereocenters. The Morgan fingerprint density at radius 1 is 0.917 bits per heavy atom. The van der Waals surface area contributed by atoms with E-state index in [2.05, 4.69) is 16.0 Å². The number of nitrogens with one attached hydrogen (secondary N) is 3. The van der Waals surface area contributed by atoms with E-state index < -0.39 is 40.8 Å². The zero-order valence-corrected chi connectivity index (χ0v) is 22.8. The van der Waals surface area contributed by atoms with Crippen LogP contribution in [0.1, 0.15) is 53.4 Å². The topological polar surface area (TPSA) is 182 Å². The van der Waals surface area contributed by atoms with Gasteiger partial charge in [0.2, 0.25) is 17.7 Å². The number of unbranched alkanes of at least 4 members (excludes halogenated alkanes) is 1. The summed E-state index contributed by atoms with van der Waals surface area (Å²) in [4.78, 5) is 48.8. The van der Waals surface area contributed by atoms with Crippen LogP contribution >= 0.6 is 24.8 Å². The Morgan fingerprint density at radius 2 is 1.47 bits per heavy atom. The molecule has 0 aromatic heterocycles. The molecule has 0 bridgehead atoms. The third-order valence-corrected chi connectivity index (χ3v) is 5.29. The van der Waals surface area contributed by atoms with Crippen molar-refractivity contribution in [3.05, 3.63) is 34.4 Å². The van der Waals surface area contributed by atoms with E-state index in [1.165, 1.54) is 24.3 Å². The van der Waals surface area contributed by atoms with Gasteiger partial charge < -0.3 is 27.4 Å². The molecule has 0 spiro atoms. The number of carbonyl (C=O) groups is 3. The van der Waals surface area contributed by atoms with E-state index in [9.17, 15) is 24.5 Å². The van der Waals surface area contributed by atoms with Gasteiger partial charge in [0.05, 0.1) is 11.0 Å². The van der Waals surface area contributed by atoms with Crippen molar-refractivity contribution in [2.24, 2.45) is 23.3 Å². The molecule has 0 fully saturated rings. The second kappa shape index (κ2) is 17.9. The van der Waals surface area contributed by atoms with Gasteiger partial charge in [0.15, 0.2) is 0 Å². The molecule has 13 heteroatoms. The second-order valence-electron chi connectivity index (χ2n) is 9.10. The first-order valence-electron chi connectivity index (χ1n) is 11.6. The van der Waals surface area contributed by atoms with E-state index in [4.69, 9.17) is 11.5 Å². The van der Waals surface area contributed by atoms with Crippen LogP contribution in [-0.4, -0.2) is 47.3 Å². The first kappa shape index (κ1) is 35.7. The van der Waals surface area contributed by atoms with E-state index in [1.807, 2.05) is 27.7 Å². The third-order valence-electron chi connectivity index (χ3n) is 5.29. The van der Waals surface area contributed by atoms with Gasteiger partial charge in [-0.1, -0.05) is 27.7 Å². The Balaban J connectivity index is 0. The minimum absolute atomic E-state index is 0. The van der Waals surface area contributed by atoms with Crippen LogP contribution in [0, 0.1) is 22.0 Å². The monoisotopic (exact) mass is 550 g/mol. The van der Waals surface area contributed by atoms with Gasteiger partial charge in [0.25, 0.3) is 5.69 Å². The largest absolute Gasteiger partial charge is 0.343 e. The highest BCUT2D eigenvalue weighted by Crippen LogP contribution is 2.16. The van der Waals surface area contributed by atoms with Crippen molar-refractivity contribution >= 4 is 53.9 Å². The number of benzene rings is 1. The van der Waals surface area contributed by atoms with Crippen molar-refractivity contribution in [3.63, 3.8) is 0 Å². The van der Waals surface area contributed by atoms with Crippen LogP contribution in [0.3, 0.4) is 0 Å². The lowest BCUT2D eigenvalue weighted by Gasteiger charge is -2.26. The van der Waals surface area contributed by atoms with E-state index in [-0.39, 0.29) is 42.3 Å². The number of halogens is 2. The molecule has 1 aromatic carbocycles. The van der Waals surface area contributed by atoms with Crippen molar-refractivity contribution in [1.29, 1.82) is 0 Å². The highest BCUT2D eigenvalue weighted by molar-refractivity contribution is 5.98. The molecule has 11 nitrogen and oxygen atoms in total. The average molecular weight is 552 g/mol. The molecule has 0 saturated carbocycles. The van der Waals surface area contributed by atoms with Crippen molar-refractivity contribution in [3.8, 4) is 0 Å². The summed E-state index contributed by atoms with van der Waals surface area (Å²) in [5.41, 5.74) is 11.8. The molecular formula is C23H40Cl2N6O5. The fourth-order valence-electron chi connectivity index (χ4n) is 3.20. The maximum absolute atomic E-state index is 13.1. The molecule has 3 amide bonds. The lowest BCUT2D eigenvalue weighted by atomic mass is 10.00. The Morgan fingerprint density at radius 3 is 1.94 bits per heavy atom. The molecule has 1 aromatic rings. The third kappa shape index (κ3) is 12.5. The predicted octanol–water partition coefficient (Wildman–Crippen LogP) is 2.50. The number of nitrogens with zero attached hydrogens (tertiary/aromatic N) is 1. The first-order chi connectivity index (χ1) is 16.0. The lowest BCUT2D eigenvalue weighted by molar-refractivity contribution is -0.384. The Bertz CT molecular complexity index is 839. The van der Waals surface area contributed by atoms with Gasteiger partial charge in [0, 0.05) is 17.8 Å². The number of anilines is 1. The average Bonchev–Trinajstić information content (AvgIpc) is 2.77. The zero-order chi connectivity index (χ0) is 25.8. The summed E-state index contributed by atoms with van der Waals surface area (Å²) in [6, 6.07) is 2.93. The van der Waals surface area contributed by atoms with Gasteiger partial charge in [-0.25, -0.2) is 0 Å². The van der Waals surface area contributed by atoms with Gasteiger partial charge in [-0.2, -0.15) is 0 Å². The predicted molar refractivity (Wildman–Crippen MR) is 145 cm³/mol. The Labute approximate surface area is 224 Å². The minimum Gasteiger partial charge on any atom is -0.343 e. The highest BCUT2D eigenvalue weighted by Gasteiger charge is 2.29. The van der Waals surface area contributed by atoms with Crippen molar-refractivity contribution in [2.45, 2.75) is 71.5 Å². The van der Waals surface area contributed by atoms with Crippen LogP contribution in [0.4, 0.5) is 11.4 Å². The maximum Gasteiger partial charge on any atom is 0.269 e. The van der Waals surface area contributed by atoms with Crippen LogP contribution < -0.4 is 27.4 Å². The molecule has 7 N–H and O–H groups in total. The molecule has 0 saturated heterocycles. The number of nitrogens with two attached hydrogens (primary N) is 2. The van der Waals surface area contributed by atoms with Gasteiger partial charge in [0.1, 0.15) is 12.1 Å². The Hall–Kier alpha value is -2.47. The Kier molecular flexibility index (Phi) is 17.7. The quantitative estimate of drug-likeness (QED) is 0.134. The molecular weight excluding hydrogens is 511 g/mol. The fourth-order valence-corrected chi connectivity index (χ4v) is 3.20. The number of nitro groups is 1. The van der Waals surface area contributed by atoms with Crippen LogP contribution in [-0.2, 0) is 14.4 Å². The van der Waals surface area contributed by atoms with E-state index in [1.54, 1.807) is 0 Å². The molecule has 0 aliphatic carbocycles. The van der Waals surface area contributed by atoms with Crippen LogP contribution in [0.15, 0.2) is 24.3 Å². The van der Waals surface area contributed by atoms with Crippen molar-refractivity contribution in [1.82, 2.24) is 10.6 Å². The number of non-ortho nitro benzene ring substituents is 1. The number of amides is 3. The number of nitro benzene ring substituents is 1. The summed E-state index contributed by atoms with van der Waals surface area (Å²) in [6.45, 7) is 7.93. The van der Waals surface area contributed by atoms with Crippen molar-refractivity contribution in [2.75, 3.05) is 11.9 Å². The van der Waals surface area contributed by atoms with Crippen LogP contribution in [0.2, 0.25) is 0 Å². The molecule has 1 rings (SSSR count). The summed E-state index contributed by atoms with van der Waals surface area (Å²) in [5.74, 6) is -1.36. The molecule has 3 unspecified atom stereocenters. The second-order valence-corrected chi connectivity index (χ2v) is 9.10. The number of rotatable bonds is 14. The van der Waals surface area contributed by atoms with Crippen molar-refractivity contribution < 1.29 is 19.3 Å². The van der Waals surface area contributed by atoms with Gasteiger partial charge in [-0.15, -0.1) is 24.8 Å². The lowest BCUT2D eigenvalue weighted by Crippen LogP contribution is -2.56. The number of hydrogen-bond acceptors (Lipinski definition) is 7. The molecule has 0 aliphatic heterocycles. The highest BCUT2D eigenvalue weighted by atomic mass is 35.5. The number of hydrogen-bond donors (Lipinski definition) is 5. The smallest absolute Gasteiger partial charge is 0.269 e. The molecule has 0 aliphatic rings.